The van der Waals surface area contributed by atoms with Gasteiger partial charge in [-0.1, -0.05) is 32.0 Å². The van der Waals surface area contributed by atoms with E-state index in [1.807, 2.05) is 25.1 Å². The highest BCUT2D eigenvalue weighted by Crippen LogP contribution is 2.66. The van der Waals surface area contributed by atoms with Gasteiger partial charge in [-0.05, 0) is 78.0 Å². The fraction of sp³-hybridized carbons (Fsp3) is 0.400. The molecule has 0 aliphatic heterocycles. The zero-order valence-corrected chi connectivity index (χ0v) is 15.6. The van der Waals surface area contributed by atoms with Crippen LogP contribution in [0.3, 0.4) is 0 Å². The van der Waals surface area contributed by atoms with Crippen molar-refractivity contribution in [1.82, 2.24) is 0 Å². The Balaban J connectivity index is 1.71. The molecule has 2 N–H and O–H groups in total. The first-order valence-corrected chi connectivity index (χ1v) is 10.0. The number of aryl methyl sites for hydroxylation is 2. The van der Waals surface area contributed by atoms with Crippen LogP contribution in [0.4, 0.5) is 4.39 Å². The van der Waals surface area contributed by atoms with Crippen LogP contribution in [0.15, 0.2) is 47.4 Å². The highest BCUT2D eigenvalue weighted by Gasteiger charge is 2.57. The minimum absolute atomic E-state index is 0.146. The molecule has 25 heavy (non-hydrogen) atoms. The van der Waals surface area contributed by atoms with Crippen molar-refractivity contribution >= 4 is 10.0 Å². The predicted molar refractivity (Wildman–Crippen MR) is 97.3 cm³/mol. The molecule has 0 spiro atoms. The summed E-state index contributed by atoms with van der Waals surface area (Å²) in [6.07, 6.45) is 1.95. The third kappa shape index (κ3) is 3.62. The van der Waals surface area contributed by atoms with E-state index in [4.69, 9.17) is 5.14 Å². The molecule has 0 aromatic heterocycles. The lowest BCUT2D eigenvalue weighted by Gasteiger charge is -2.06. The monoisotopic (exact) mass is 361 g/mol. The van der Waals surface area contributed by atoms with Crippen molar-refractivity contribution in [3.05, 3.63) is 65.0 Å². The standard InChI is InChI=1S/C20H24FNO2S/c1-13-12-16(21)8-4-14(13)7-11-18-19(20(18,2)3)15-5-9-17(10-6-15)25(22,23)24/h4-6,8-10,12,18-19H,7,11H2,1-3H3,(H2,22,23,24)/t18-,19-/m0/s1. The van der Waals surface area contributed by atoms with E-state index < -0.39 is 10.0 Å². The number of primary sulfonamides is 1. The Kier molecular flexibility index (Phi) is 4.50. The SMILES string of the molecule is Cc1cc(F)ccc1CC[C@H]1[C@H](c2ccc(S(N)(=O)=O)cc2)C1(C)C. The van der Waals surface area contributed by atoms with E-state index in [9.17, 15) is 12.8 Å². The maximum atomic E-state index is 13.2. The fourth-order valence-corrected chi connectivity index (χ4v) is 4.58. The largest absolute Gasteiger partial charge is 0.238 e. The van der Waals surface area contributed by atoms with Gasteiger partial charge in [0.15, 0.2) is 0 Å². The van der Waals surface area contributed by atoms with E-state index in [1.54, 1.807) is 18.2 Å². The van der Waals surface area contributed by atoms with Gasteiger partial charge in [-0.3, -0.25) is 0 Å². The Hall–Kier alpha value is -1.72. The normalized spacial score (nSPS) is 22.0. The van der Waals surface area contributed by atoms with E-state index in [-0.39, 0.29) is 16.1 Å². The number of benzene rings is 2. The van der Waals surface area contributed by atoms with Gasteiger partial charge < -0.3 is 0 Å². The molecule has 2 atom stereocenters. The molecular weight excluding hydrogens is 337 g/mol. The van der Waals surface area contributed by atoms with Gasteiger partial charge in [0.05, 0.1) is 4.90 Å². The molecule has 0 amide bonds. The van der Waals surface area contributed by atoms with Gasteiger partial charge in [0.25, 0.3) is 0 Å². The minimum Gasteiger partial charge on any atom is -0.225 e. The summed E-state index contributed by atoms with van der Waals surface area (Å²) in [7, 11) is -3.65. The van der Waals surface area contributed by atoms with Crippen molar-refractivity contribution < 1.29 is 12.8 Å². The molecule has 3 rings (SSSR count). The van der Waals surface area contributed by atoms with E-state index >= 15 is 0 Å². The van der Waals surface area contributed by atoms with E-state index in [1.165, 1.54) is 11.6 Å². The van der Waals surface area contributed by atoms with Crippen LogP contribution in [0.2, 0.25) is 0 Å². The number of nitrogens with two attached hydrogens (primary N) is 1. The van der Waals surface area contributed by atoms with Crippen LogP contribution in [0.5, 0.6) is 0 Å². The Morgan fingerprint density at radius 1 is 1.12 bits per heavy atom. The van der Waals surface area contributed by atoms with Crippen molar-refractivity contribution in [3.63, 3.8) is 0 Å². The van der Waals surface area contributed by atoms with Gasteiger partial charge >= 0.3 is 0 Å². The molecule has 1 aliphatic carbocycles. The average molecular weight is 361 g/mol. The van der Waals surface area contributed by atoms with Gasteiger partial charge in [-0.25, -0.2) is 17.9 Å². The second kappa shape index (κ2) is 6.22. The van der Waals surface area contributed by atoms with Gasteiger partial charge in [0.1, 0.15) is 5.82 Å². The summed E-state index contributed by atoms with van der Waals surface area (Å²) in [4.78, 5) is 0.146. The van der Waals surface area contributed by atoms with Crippen LogP contribution in [0, 0.1) is 24.1 Å². The molecule has 1 fully saturated rings. The molecule has 0 bridgehead atoms. The maximum absolute atomic E-state index is 13.2. The number of rotatable bonds is 5. The Labute approximate surface area is 149 Å². The number of halogens is 1. The number of hydrogen-bond acceptors (Lipinski definition) is 2. The Morgan fingerprint density at radius 2 is 1.76 bits per heavy atom. The number of sulfonamides is 1. The highest BCUT2D eigenvalue weighted by molar-refractivity contribution is 7.89. The van der Waals surface area contributed by atoms with Crippen LogP contribution in [-0.2, 0) is 16.4 Å². The zero-order chi connectivity index (χ0) is 18.4. The highest BCUT2D eigenvalue weighted by atomic mass is 32.2. The Bertz CT molecular complexity index is 888. The lowest BCUT2D eigenvalue weighted by atomic mass is 9.99. The van der Waals surface area contributed by atoms with E-state index in [0.29, 0.717) is 11.8 Å². The second-order valence-corrected chi connectivity index (χ2v) is 9.19. The molecule has 0 radical (unpaired) electrons. The van der Waals surface area contributed by atoms with Crippen molar-refractivity contribution in [2.45, 2.75) is 44.4 Å². The second-order valence-electron chi connectivity index (χ2n) is 7.63. The molecule has 3 nitrogen and oxygen atoms in total. The quantitative estimate of drug-likeness (QED) is 0.869. The van der Waals surface area contributed by atoms with Crippen LogP contribution in [0.1, 0.15) is 42.9 Å². The minimum atomic E-state index is -3.65. The molecule has 5 heteroatoms. The van der Waals surface area contributed by atoms with Crippen molar-refractivity contribution in [3.8, 4) is 0 Å². The molecular formula is C20H24FNO2S. The molecule has 0 heterocycles. The molecule has 0 unspecified atom stereocenters. The third-order valence-electron chi connectivity index (χ3n) is 5.65. The number of hydrogen-bond donors (Lipinski definition) is 1. The van der Waals surface area contributed by atoms with Gasteiger partial charge in [0, 0.05) is 0 Å². The van der Waals surface area contributed by atoms with E-state index in [2.05, 4.69) is 13.8 Å². The fourth-order valence-electron chi connectivity index (χ4n) is 4.06. The van der Waals surface area contributed by atoms with E-state index in [0.717, 1.165) is 24.0 Å². The molecule has 2 aromatic carbocycles. The molecule has 0 saturated heterocycles. The van der Waals surface area contributed by atoms with Crippen LogP contribution in [0.25, 0.3) is 0 Å². The molecule has 1 saturated carbocycles. The third-order valence-corrected chi connectivity index (χ3v) is 6.58. The molecule has 134 valence electrons. The van der Waals surface area contributed by atoms with Gasteiger partial charge in [-0.2, -0.15) is 0 Å². The summed E-state index contributed by atoms with van der Waals surface area (Å²) in [6, 6.07) is 11.9. The van der Waals surface area contributed by atoms with Gasteiger partial charge in [0.2, 0.25) is 10.0 Å². The van der Waals surface area contributed by atoms with Crippen LogP contribution >= 0.6 is 0 Å². The van der Waals surface area contributed by atoms with Crippen molar-refractivity contribution in [2.75, 3.05) is 0 Å². The predicted octanol–water partition coefficient (Wildman–Crippen LogP) is 4.15. The zero-order valence-electron chi connectivity index (χ0n) is 14.8. The van der Waals surface area contributed by atoms with Crippen molar-refractivity contribution in [2.24, 2.45) is 16.5 Å². The summed E-state index contributed by atoms with van der Waals surface area (Å²) in [6.45, 7) is 6.43. The summed E-state index contributed by atoms with van der Waals surface area (Å²) in [5.41, 5.74) is 3.51. The topological polar surface area (TPSA) is 60.2 Å². The van der Waals surface area contributed by atoms with Gasteiger partial charge in [-0.15, -0.1) is 0 Å². The lowest BCUT2D eigenvalue weighted by molar-refractivity contribution is 0.529. The maximum Gasteiger partial charge on any atom is 0.238 e. The molecule has 2 aromatic rings. The first-order valence-electron chi connectivity index (χ1n) is 8.48. The first-order chi connectivity index (χ1) is 11.6. The van der Waals surface area contributed by atoms with Crippen molar-refractivity contribution in [1.29, 1.82) is 0 Å². The summed E-state index contributed by atoms with van der Waals surface area (Å²) < 4.78 is 36.0. The summed E-state index contributed by atoms with van der Waals surface area (Å²) >= 11 is 0. The van der Waals surface area contributed by atoms with Crippen LogP contribution < -0.4 is 5.14 Å². The van der Waals surface area contributed by atoms with Crippen LogP contribution in [-0.4, -0.2) is 8.42 Å². The lowest BCUT2D eigenvalue weighted by Crippen LogP contribution is -2.11. The molecule has 1 aliphatic rings. The smallest absolute Gasteiger partial charge is 0.225 e. The Morgan fingerprint density at radius 3 is 2.32 bits per heavy atom. The summed E-state index contributed by atoms with van der Waals surface area (Å²) in [5, 5.41) is 5.16. The summed E-state index contributed by atoms with van der Waals surface area (Å²) in [5.74, 6) is 0.737. The first kappa shape index (κ1) is 18.1. The average Bonchev–Trinajstić information content (AvgIpc) is 3.06.